The number of hydrogen-bond acceptors (Lipinski definition) is 6. The van der Waals surface area contributed by atoms with Crippen LogP contribution in [0.2, 0.25) is 0 Å². The number of anilines is 1. The molecule has 1 aromatic rings. The molecule has 1 aromatic carbocycles. The standard InChI is InChI=1S/C11H17FN2O5S2/c1-7(6-20(3,15)16)14-21(17,18)8-4-9(12)11(19-2)10(13)5-8/h4-5,7,14H,6,13H2,1-3H3. The van der Waals surface area contributed by atoms with Crippen LogP contribution in [0.1, 0.15) is 6.92 Å². The lowest BCUT2D eigenvalue weighted by atomic mass is 10.3. The van der Waals surface area contributed by atoms with Crippen LogP contribution in [0.25, 0.3) is 0 Å². The van der Waals surface area contributed by atoms with E-state index in [0.29, 0.717) is 0 Å². The number of nitrogens with one attached hydrogen (secondary N) is 1. The quantitative estimate of drug-likeness (QED) is 0.711. The average molecular weight is 340 g/mol. The molecule has 10 heteroatoms. The maximum absolute atomic E-state index is 13.7. The van der Waals surface area contributed by atoms with Crippen molar-refractivity contribution in [3.63, 3.8) is 0 Å². The Morgan fingerprint density at radius 3 is 2.33 bits per heavy atom. The van der Waals surface area contributed by atoms with Crippen LogP contribution in [0.3, 0.4) is 0 Å². The van der Waals surface area contributed by atoms with Crippen LogP contribution < -0.4 is 15.2 Å². The zero-order valence-electron chi connectivity index (χ0n) is 11.8. The zero-order chi connectivity index (χ0) is 16.4. The van der Waals surface area contributed by atoms with Crippen molar-refractivity contribution >= 4 is 25.5 Å². The van der Waals surface area contributed by atoms with E-state index in [0.717, 1.165) is 18.4 Å². The Bertz CT molecular complexity index is 708. The molecule has 0 bridgehead atoms. The lowest BCUT2D eigenvalue weighted by Gasteiger charge is -2.14. The van der Waals surface area contributed by atoms with E-state index in [9.17, 15) is 21.2 Å². The van der Waals surface area contributed by atoms with Gasteiger partial charge in [-0.1, -0.05) is 0 Å². The molecule has 0 saturated heterocycles. The van der Waals surface area contributed by atoms with Crippen molar-refractivity contribution in [2.45, 2.75) is 17.9 Å². The molecule has 3 N–H and O–H groups in total. The second-order valence-corrected chi connectivity index (χ2v) is 8.54. The molecule has 0 spiro atoms. The lowest BCUT2D eigenvalue weighted by Crippen LogP contribution is -2.37. The van der Waals surface area contributed by atoms with Crippen molar-refractivity contribution in [1.29, 1.82) is 0 Å². The summed E-state index contributed by atoms with van der Waals surface area (Å²) in [5.41, 5.74) is 5.34. The van der Waals surface area contributed by atoms with Crippen LogP contribution >= 0.6 is 0 Å². The highest BCUT2D eigenvalue weighted by Crippen LogP contribution is 2.28. The molecule has 1 atom stereocenters. The molecule has 1 unspecified atom stereocenters. The minimum Gasteiger partial charge on any atom is -0.492 e. The minimum atomic E-state index is -4.09. The fourth-order valence-corrected chi connectivity index (χ4v) is 4.17. The summed E-state index contributed by atoms with van der Waals surface area (Å²) in [6.07, 6.45) is 0.989. The first kappa shape index (κ1) is 17.7. The van der Waals surface area contributed by atoms with Gasteiger partial charge in [-0.15, -0.1) is 0 Å². The van der Waals surface area contributed by atoms with E-state index in [1.807, 2.05) is 0 Å². The van der Waals surface area contributed by atoms with Gasteiger partial charge in [-0.25, -0.2) is 25.9 Å². The van der Waals surface area contributed by atoms with Gasteiger partial charge in [0.05, 0.1) is 23.4 Å². The van der Waals surface area contributed by atoms with Gasteiger partial charge in [-0.05, 0) is 19.1 Å². The normalized spacial score (nSPS) is 13.9. The molecule has 1 rings (SSSR count). The first-order chi connectivity index (χ1) is 9.46. The van der Waals surface area contributed by atoms with E-state index in [1.54, 1.807) is 0 Å². The summed E-state index contributed by atoms with van der Waals surface area (Å²) >= 11 is 0. The molecule has 0 aliphatic carbocycles. The number of benzene rings is 1. The molecule has 0 aromatic heterocycles. The summed E-state index contributed by atoms with van der Waals surface area (Å²) in [6, 6.07) is 0.929. The Morgan fingerprint density at radius 2 is 1.90 bits per heavy atom. The van der Waals surface area contributed by atoms with Gasteiger partial charge in [0, 0.05) is 12.3 Å². The lowest BCUT2D eigenvalue weighted by molar-refractivity contribution is 0.388. The predicted molar refractivity (Wildman–Crippen MR) is 76.9 cm³/mol. The van der Waals surface area contributed by atoms with E-state index < -0.39 is 36.6 Å². The number of ether oxygens (including phenoxy) is 1. The number of halogens is 1. The van der Waals surface area contributed by atoms with Crippen LogP contribution in [-0.2, 0) is 19.9 Å². The highest BCUT2D eigenvalue weighted by atomic mass is 32.2. The smallest absolute Gasteiger partial charge is 0.241 e. The van der Waals surface area contributed by atoms with E-state index in [1.165, 1.54) is 14.0 Å². The van der Waals surface area contributed by atoms with E-state index in [4.69, 9.17) is 10.5 Å². The van der Waals surface area contributed by atoms with Gasteiger partial charge < -0.3 is 10.5 Å². The van der Waals surface area contributed by atoms with Crippen LogP contribution in [-0.4, -0.2) is 42.0 Å². The molecule has 120 valence electrons. The van der Waals surface area contributed by atoms with Gasteiger partial charge in [-0.2, -0.15) is 0 Å². The first-order valence-electron chi connectivity index (χ1n) is 5.79. The molecular weight excluding hydrogens is 323 g/mol. The van der Waals surface area contributed by atoms with Gasteiger partial charge in [-0.3, -0.25) is 0 Å². The monoisotopic (exact) mass is 340 g/mol. The third-order valence-electron chi connectivity index (χ3n) is 2.47. The Balaban J connectivity index is 3.09. The molecule has 0 saturated carbocycles. The Kier molecular flexibility index (Phi) is 5.18. The summed E-state index contributed by atoms with van der Waals surface area (Å²) in [5, 5.41) is 0. The largest absolute Gasteiger partial charge is 0.492 e. The fourth-order valence-electron chi connectivity index (χ4n) is 1.78. The zero-order valence-corrected chi connectivity index (χ0v) is 13.4. The van der Waals surface area contributed by atoms with Crippen LogP contribution in [0, 0.1) is 5.82 Å². The number of methoxy groups -OCH3 is 1. The van der Waals surface area contributed by atoms with E-state index >= 15 is 0 Å². The number of hydrogen-bond donors (Lipinski definition) is 2. The Hall–Kier alpha value is -1.39. The maximum Gasteiger partial charge on any atom is 0.241 e. The number of sulfonamides is 1. The summed E-state index contributed by atoms with van der Waals surface area (Å²) in [4.78, 5) is -0.404. The van der Waals surface area contributed by atoms with Crippen molar-refractivity contribution in [2.75, 3.05) is 24.9 Å². The van der Waals surface area contributed by atoms with Crippen molar-refractivity contribution in [2.24, 2.45) is 0 Å². The number of nitrogens with two attached hydrogens (primary N) is 1. The van der Waals surface area contributed by atoms with Gasteiger partial charge in [0.25, 0.3) is 0 Å². The highest BCUT2D eigenvalue weighted by Gasteiger charge is 2.22. The number of nitrogen functional groups attached to an aromatic ring is 1. The Labute approximate surface area is 123 Å². The van der Waals surface area contributed by atoms with Gasteiger partial charge >= 0.3 is 0 Å². The summed E-state index contributed by atoms with van der Waals surface area (Å²) in [5.74, 6) is -1.55. The van der Waals surface area contributed by atoms with Crippen molar-refractivity contribution < 1.29 is 26.0 Å². The number of sulfone groups is 1. The molecule has 0 aliphatic rings. The molecule has 0 amide bonds. The van der Waals surface area contributed by atoms with Crippen LogP contribution in [0.5, 0.6) is 5.75 Å². The molecular formula is C11H17FN2O5S2. The van der Waals surface area contributed by atoms with Gasteiger partial charge in [0.1, 0.15) is 9.84 Å². The van der Waals surface area contributed by atoms with Gasteiger partial charge in [0.2, 0.25) is 10.0 Å². The summed E-state index contributed by atoms with van der Waals surface area (Å²) in [6.45, 7) is 1.39. The molecule has 0 heterocycles. The fraction of sp³-hybridized carbons (Fsp3) is 0.455. The van der Waals surface area contributed by atoms with Crippen LogP contribution in [0.4, 0.5) is 10.1 Å². The van der Waals surface area contributed by atoms with Crippen LogP contribution in [0.15, 0.2) is 17.0 Å². The second-order valence-electron chi connectivity index (χ2n) is 4.64. The summed E-state index contributed by atoms with van der Waals surface area (Å²) < 4.78 is 66.9. The summed E-state index contributed by atoms with van der Waals surface area (Å²) in [7, 11) is -6.24. The third-order valence-corrected chi connectivity index (χ3v) is 5.14. The maximum atomic E-state index is 13.7. The molecule has 7 nitrogen and oxygen atoms in total. The molecule has 0 fully saturated rings. The Morgan fingerprint density at radius 1 is 1.33 bits per heavy atom. The second kappa shape index (κ2) is 6.16. The minimum absolute atomic E-state index is 0.173. The van der Waals surface area contributed by atoms with Crippen molar-refractivity contribution in [3.05, 3.63) is 17.9 Å². The van der Waals surface area contributed by atoms with Gasteiger partial charge in [0.15, 0.2) is 11.6 Å². The van der Waals surface area contributed by atoms with Crippen molar-refractivity contribution in [3.8, 4) is 5.75 Å². The SMILES string of the molecule is COc1c(N)cc(S(=O)(=O)NC(C)CS(C)(=O)=O)cc1F. The molecule has 0 radical (unpaired) electrons. The highest BCUT2D eigenvalue weighted by molar-refractivity contribution is 7.91. The molecule has 0 aliphatic heterocycles. The van der Waals surface area contributed by atoms with Crippen molar-refractivity contribution in [1.82, 2.24) is 4.72 Å². The van der Waals surface area contributed by atoms with E-state index in [2.05, 4.69) is 4.72 Å². The topological polar surface area (TPSA) is 116 Å². The number of rotatable bonds is 6. The average Bonchev–Trinajstić information content (AvgIpc) is 2.24. The first-order valence-corrected chi connectivity index (χ1v) is 9.33. The van der Waals surface area contributed by atoms with E-state index in [-0.39, 0.29) is 17.2 Å². The molecule has 21 heavy (non-hydrogen) atoms. The predicted octanol–water partition coefficient (Wildman–Crippen LogP) is 0.128. The third kappa shape index (κ3) is 4.83.